The van der Waals surface area contributed by atoms with Gasteiger partial charge < -0.3 is 20.6 Å². The van der Waals surface area contributed by atoms with Gasteiger partial charge in [-0.05, 0) is 17.8 Å². The van der Waals surface area contributed by atoms with Gasteiger partial charge in [-0.3, -0.25) is 0 Å². The molecule has 15 heavy (non-hydrogen) atoms. The maximum absolute atomic E-state index is 9.61. The van der Waals surface area contributed by atoms with Gasteiger partial charge in [-0.1, -0.05) is 30.3 Å². The van der Waals surface area contributed by atoms with E-state index in [1.165, 1.54) is 0 Å². The molecule has 1 aromatic carbocycles. The van der Waals surface area contributed by atoms with Gasteiger partial charge in [-0.15, -0.1) is 0 Å². The van der Waals surface area contributed by atoms with Crippen LogP contribution in [0, 0.1) is 0 Å². The van der Waals surface area contributed by atoms with Crippen LogP contribution in [0.2, 0.25) is 0 Å². The molecule has 5 heteroatoms. The third-order valence-electron chi connectivity index (χ3n) is 2.08. The molecule has 0 bridgehead atoms. The lowest BCUT2D eigenvalue weighted by Gasteiger charge is -2.21. The van der Waals surface area contributed by atoms with Gasteiger partial charge in [0.15, 0.2) is 0 Å². The first kappa shape index (κ1) is 11.9. The summed E-state index contributed by atoms with van der Waals surface area (Å²) in [5.74, 6) is -0.517. The maximum atomic E-state index is 9.61. The second-order valence-corrected chi connectivity index (χ2v) is 3.48. The van der Waals surface area contributed by atoms with E-state index in [4.69, 9.17) is 10.2 Å². The smallest absolute Gasteiger partial charge is 0.256 e. The Morgan fingerprint density at radius 1 is 1.33 bits per heavy atom. The average Bonchev–Trinajstić information content (AvgIpc) is 2.19. The van der Waals surface area contributed by atoms with E-state index < -0.39 is 17.3 Å². The molecule has 4 N–H and O–H groups in total. The average molecular weight is 227 g/mol. The van der Waals surface area contributed by atoms with Gasteiger partial charge in [0.25, 0.3) is 5.17 Å². The normalized spacial score (nSPS) is 14.3. The van der Waals surface area contributed by atoms with Crippen molar-refractivity contribution in [1.82, 2.24) is 5.32 Å². The number of hydrogen-bond acceptors (Lipinski definition) is 3. The number of hydrogen-bond donors (Lipinski definition) is 4. The van der Waals surface area contributed by atoms with Crippen LogP contribution in [-0.4, -0.2) is 33.3 Å². The highest BCUT2D eigenvalue weighted by Gasteiger charge is 2.20. The standard InChI is InChI=1S/C10H13NO3S/c12-6-8(9(13)11-10(14)15)7-4-2-1-3-5-7/h1-5,8-9,12-13H,6H2,(H2,11,14,15). The number of aliphatic hydroxyl groups excluding tert-OH is 3. The first-order chi connectivity index (χ1) is 7.15. The fourth-order valence-corrected chi connectivity index (χ4v) is 1.44. The minimum atomic E-state index is -1.10. The molecule has 4 nitrogen and oxygen atoms in total. The van der Waals surface area contributed by atoms with Crippen LogP contribution >= 0.6 is 12.2 Å². The van der Waals surface area contributed by atoms with E-state index >= 15 is 0 Å². The Balaban J connectivity index is 2.75. The Morgan fingerprint density at radius 3 is 2.40 bits per heavy atom. The van der Waals surface area contributed by atoms with Crippen LogP contribution in [0.25, 0.3) is 0 Å². The van der Waals surface area contributed by atoms with E-state index in [1.54, 1.807) is 12.1 Å². The van der Waals surface area contributed by atoms with Crippen LogP contribution in [0.4, 0.5) is 0 Å². The summed E-state index contributed by atoms with van der Waals surface area (Å²) in [7, 11) is 0. The van der Waals surface area contributed by atoms with E-state index in [1.807, 2.05) is 18.2 Å². The van der Waals surface area contributed by atoms with Crippen molar-refractivity contribution in [2.45, 2.75) is 12.1 Å². The predicted molar refractivity (Wildman–Crippen MR) is 60.6 cm³/mol. The van der Waals surface area contributed by atoms with Crippen molar-refractivity contribution < 1.29 is 15.3 Å². The molecule has 82 valence electrons. The summed E-state index contributed by atoms with van der Waals surface area (Å²) in [4.78, 5) is 0. The second-order valence-electron chi connectivity index (χ2n) is 3.09. The molecule has 0 saturated carbocycles. The van der Waals surface area contributed by atoms with Gasteiger partial charge in [0.05, 0.1) is 12.5 Å². The molecule has 2 atom stereocenters. The van der Waals surface area contributed by atoms with Gasteiger partial charge in [-0.25, -0.2) is 0 Å². The van der Waals surface area contributed by atoms with Gasteiger partial charge in [0.2, 0.25) is 0 Å². The SMILES string of the molecule is OCC(c1ccccc1)C(O)NC(O)=S. The summed E-state index contributed by atoms with van der Waals surface area (Å²) in [6.07, 6.45) is -1.10. The molecule has 0 aliphatic rings. The topological polar surface area (TPSA) is 72.7 Å². The number of aliphatic hydroxyl groups is 3. The largest absolute Gasteiger partial charge is 0.487 e. The zero-order chi connectivity index (χ0) is 11.3. The summed E-state index contributed by atoms with van der Waals surface area (Å²) in [6, 6.07) is 9.02. The number of benzene rings is 1. The third kappa shape index (κ3) is 3.47. The van der Waals surface area contributed by atoms with Gasteiger partial charge in [0, 0.05) is 0 Å². The van der Waals surface area contributed by atoms with Crippen molar-refractivity contribution in [3.63, 3.8) is 0 Å². The lowest BCUT2D eigenvalue weighted by Crippen LogP contribution is -2.39. The van der Waals surface area contributed by atoms with Crippen molar-refractivity contribution in [3.05, 3.63) is 35.9 Å². The Kier molecular flexibility index (Phi) is 4.48. The number of nitrogens with one attached hydrogen (secondary N) is 1. The van der Waals surface area contributed by atoms with Gasteiger partial charge >= 0.3 is 0 Å². The molecule has 0 heterocycles. The zero-order valence-electron chi connectivity index (χ0n) is 8.00. The monoisotopic (exact) mass is 227 g/mol. The number of thiocarbonyl (C=S) groups is 1. The van der Waals surface area contributed by atoms with E-state index in [2.05, 4.69) is 17.5 Å². The van der Waals surface area contributed by atoms with E-state index in [-0.39, 0.29) is 6.61 Å². The van der Waals surface area contributed by atoms with Crippen molar-refractivity contribution >= 4 is 17.4 Å². The zero-order valence-corrected chi connectivity index (χ0v) is 8.81. The molecular formula is C10H13NO3S. The van der Waals surface area contributed by atoms with Crippen LogP contribution in [0.15, 0.2) is 30.3 Å². The van der Waals surface area contributed by atoms with Gasteiger partial charge in [-0.2, -0.15) is 0 Å². The minimum Gasteiger partial charge on any atom is -0.487 e. The molecule has 0 aliphatic heterocycles. The fourth-order valence-electron chi connectivity index (χ4n) is 1.31. The van der Waals surface area contributed by atoms with E-state index in [0.717, 1.165) is 5.56 Å². The van der Waals surface area contributed by atoms with Crippen LogP contribution < -0.4 is 5.32 Å². The molecular weight excluding hydrogens is 214 g/mol. The highest BCUT2D eigenvalue weighted by Crippen LogP contribution is 2.17. The van der Waals surface area contributed by atoms with Crippen molar-refractivity contribution in [2.75, 3.05) is 6.61 Å². The number of rotatable bonds is 4. The Morgan fingerprint density at radius 2 is 1.93 bits per heavy atom. The lowest BCUT2D eigenvalue weighted by atomic mass is 9.98. The molecule has 0 fully saturated rings. The summed E-state index contributed by atoms with van der Waals surface area (Å²) in [5, 5.41) is 29.3. The molecule has 0 aromatic heterocycles. The molecule has 0 aliphatic carbocycles. The molecule has 0 amide bonds. The molecule has 0 spiro atoms. The first-order valence-corrected chi connectivity index (χ1v) is 4.89. The van der Waals surface area contributed by atoms with E-state index in [9.17, 15) is 5.11 Å². The van der Waals surface area contributed by atoms with Crippen molar-refractivity contribution in [3.8, 4) is 0 Å². The summed E-state index contributed by atoms with van der Waals surface area (Å²) >= 11 is 4.39. The lowest BCUT2D eigenvalue weighted by molar-refractivity contribution is 0.0914. The molecule has 0 saturated heterocycles. The molecule has 1 aromatic rings. The molecule has 2 unspecified atom stereocenters. The highest BCUT2D eigenvalue weighted by molar-refractivity contribution is 7.79. The van der Waals surface area contributed by atoms with Crippen LogP contribution in [-0.2, 0) is 0 Å². The molecule has 1 rings (SSSR count). The minimum absolute atomic E-state index is 0.235. The van der Waals surface area contributed by atoms with Crippen molar-refractivity contribution in [2.24, 2.45) is 0 Å². The first-order valence-electron chi connectivity index (χ1n) is 4.48. The Labute approximate surface area is 93.2 Å². The Hall–Kier alpha value is -1.17. The quantitative estimate of drug-likeness (QED) is 0.446. The van der Waals surface area contributed by atoms with Crippen LogP contribution in [0.5, 0.6) is 0 Å². The fraction of sp³-hybridized carbons (Fsp3) is 0.300. The van der Waals surface area contributed by atoms with Crippen molar-refractivity contribution in [1.29, 1.82) is 0 Å². The van der Waals surface area contributed by atoms with Crippen LogP contribution in [0.1, 0.15) is 11.5 Å². The second kappa shape index (κ2) is 5.65. The van der Waals surface area contributed by atoms with E-state index in [0.29, 0.717) is 0 Å². The Bertz CT molecular complexity index is 318. The molecule has 0 radical (unpaired) electrons. The van der Waals surface area contributed by atoms with Crippen LogP contribution in [0.3, 0.4) is 0 Å². The van der Waals surface area contributed by atoms with Gasteiger partial charge in [0.1, 0.15) is 6.23 Å². The third-order valence-corrected chi connectivity index (χ3v) is 2.19. The maximum Gasteiger partial charge on any atom is 0.256 e. The highest BCUT2D eigenvalue weighted by atomic mass is 32.1. The summed E-state index contributed by atoms with van der Waals surface area (Å²) in [5.41, 5.74) is 0.774. The predicted octanol–water partition coefficient (Wildman–Crippen LogP) is 0.513. The summed E-state index contributed by atoms with van der Waals surface area (Å²) in [6.45, 7) is -0.235. The summed E-state index contributed by atoms with van der Waals surface area (Å²) < 4.78 is 0.